The molecule has 0 amide bonds. The van der Waals surface area contributed by atoms with Gasteiger partial charge in [-0.15, -0.1) is 0 Å². The fourth-order valence-corrected chi connectivity index (χ4v) is 9.22. The molecule has 15 nitrogen and oxygen atoms in total. The number of hydrogen-bond acceptors (Lipinski definition) is 15. The molecule has 3 aromatic rings. The van der Waals surface area contributed by atoms with Crippen molar-refractivity contribution in [3.63, 3.8) is 0 Å². The molecule has 4 aliphatic heterocycles. The lowest BCUT2D eigenvalue weighted by atomic mass is 9.80. The van der Waals surface area contributed by atoms with E-state index in [0.29, 0.717) is 31.4 Å². The molecule has 3 aromatic carbocycles. The van der Waals surface area contributed by atoms with Crippen LogP contribution in [0.5, 0.6) is 11.5 Å². The van der Waals surface area contributed by atoms with Gasteiger partial charge in [-0.2, -0.15) is 5.26 Å². The highest BCUT2D eigenvalue weighted by Gasteiger charge is 2.48. The van der Waals surface area contributed by atoms with Gasteiger partial charge in [0.1, 0.15) is 61.3 Å². The molecular weight excluding hydrogens is 793 g/mol. The molecule has 7 atom stereocenters. The summed E-state index contributed by atoms with van der Waals surface area (Å²) in [5.41, 5.74) is 3.33. The minimum atomic E-state index is -4.43. The zero-order valence-corrected chi connectivity index (χ0v) is 35.3. The van der Waals surface area contributed by atoms with E-state index in [2.05, 4.69) is 0 Å². The Morgan fingerprint density at radius 2 is 1.32 bits per heavy atom. The minimum Gasteiger partial charge on any atom is -0.497 e. The van der Waals surface area contributed by atoms with Crippen molar-refractivity contribution in [1.82, 2.24) is 9.80 Å². The third kappa shape index (κ3) is 10.2. The second-order valence-electron chi connectivity index (χ2n) is 15.2. The summed E-state index contributed by atoms with van der Waals surface area (Å²) >= 11 is 0. The van der Waals surface area contributed by atoms with Crippen LogP contribution >= 0.6 is 7.82 Å². The van der Waals surface area contributed by atoms with Gasteiger partial charge >= 0.3 is 7.82 Å². The van der Waals surface area contributed by atoms with Crippen molar-refractivity contribution >= 4 is 7.82 Å². The molecule has 0 bridgehead atoms. The van der Waals surface area contributed by atoms with Crippen molar-refractivity contribution in [3.05, 3.63) is 119 Å². The van der Waals surface area contributed by atoms with E-state index in [0.717, 1.165) is 27.8 Å². The molecular formula is C44H54N3O12P. The van der Waals surface area contributed by atoms with Crippen LogP contribution in [0.3, 0.4) is 0 Å². The number of benzene rings is 3. The van der Waals surface area contributed by atoms with E-state index in [1.165, 1.54) is 0 Å². The van der Waals surface area contributed by atoms with Crippen LogP contribution in [-0.4, -0.2) is 112 Å². The maximum absolute atomic E-state index is 14.7. The monoisotopic (exact) mass is 847 g/mol. The summed E-state index contributed by atoms with van der Waals surface area (Å²) in [6.45, 7) is 4.97. The smallest absolute Gasteiger partial charge is 0.475 e. The summed E-state index contributed by atoms with van der Waals surface area (Å²) < 4.78 is 75.4. The van der Waals surface area contributed by atoms with E-state index in [1.807, 2.05) is 121 Å². The first-order chi connectivity index (χ1) is 29.1. The highest BCUT2D eigenvalue weighted by molar-refractivity contribution is 7.48. The highest BCUT2D eigenvalue weighted by Crippen LogP contribution is 2.54. The molecule has 0 aliphatic carbocycles. The maximum atomic E-state index is 14.7. The number of methoxy groups -OCH3 is 2. The average molecular weight is 848 g/mol. The van der Waals surface area contributed by atoms with E-state index in [4.69, 9.17) is 46.7 Å². The van der Waals surface area contributed by atoms with Crippen molar-refractivity contribution in [2.75, 3.05) is 60.7 Å². The lowest BCUT2D eigenvalue weighted by molar-refractivity contribution is -0.121. The van der Waals surface area contributed by atoms with Gasteiger partial charge in [0.15, 0.2) is 0 Å². The first kappa shape index (κ1) is 43.8. The van der Waals surface area contributed by atoms with E-state index >= 15 is 0 Å². The van der Waals surface area contributed by atoms with E-state index in [1.54, 1.807) is 14.2 Å². The molecule has 0 spiro atoms. The largest absolute Gasteiger partial charge is 0.497 e. The van der Waals surface area contributed by atoms with Crippen molar-refractivity contribution in [3.8, 4) is 17.6 Å². The summed E-state index contributed by atoms with van der Waals surface area (Å²) in [7, 11) is -1.20. The topological polar surface area (TPSA) is 160 Å². The van der Waals surface area contributed by atoms with Gasteiger partial charge < -0.3 is 48.1 Å². The first-order valence-electron chi connectivity index (χ1n) is 20.1. The normalized spacial score (nSPS) is 25.6. The number of nitriles is 1. The Bertz CT molecular complexity index is 1960. The van der Waals surface area contributed by atoms with E-state index < -0.39 is 50.3 Å². The van der Waals surface area contributed by atoms with Gasteiger partial charge in [0.05, 0.1) is 65.8 Å². The standard InChI is InChI=1S/C44H54N3O12P/c1-31-23-46(29-52-25-31)42-21-38(48)40(57-42)28-56-60(49,55-20-8-19-45)59-39-22-43(47-24-32(2)26-53-30-47)58-41(39)27-54-44(33-9-6-5-7-10-33,34-11-15-36(50-3)16-12-34)35-13-17-37(51-4)18-14-35/h5-7,9-18,23-24,38-43,48H,8,20-22,25-30H2,1-4H3/t38-,39-,40-,41-,42-,43-,60?/m1/s1. The molecule has 4 aliphatic rings. The predicted molar refractivity (Wildman–Crippen MR) is 218 cm³/mol. The predicted octanol–water partition coefficient (Wildman–Crippen LogP) is 6.43. The van der Waals surface area contributed by atoms with Crippen molar-refractivity contribution in [1.29, 1.82) is 5.26 Å². The van der Waals surface area contributed by atoms with Crippen molar-refractivity contribution < 1.29 is 56.4 Å². The van der Waals surface area contributed by atoms with Crippen LogP contribution in [0.1, 0.15) is 49.8 Å². The van der Waals surface area contributed by atoms with Crippen LogP contribution in [0.15, 0.2) is 102 Å². The molecule has 4 heterocycles. The van der Waals surface area contributed by atoms with E-state index in [9.17, 15) is 14.9 Å². The van der Waals surface area contributed by atoms with Gasteiger partial charge in [0, 0.05) is 25.2 Å². The van der Waals surface area contributed by atoms with Gasteiger partial charge in [-0.25, -0.2) is 4.57 Å². The maximum Gasteiger partial charge on any atom is 0.475 e. The Labute approximate surface area is 351 Å². The van der Waals surface area contributed by atoms with Gasteiger partial charge in [-0.3, -0.25) is 13.6 Å². The van der Waals surface area contributed by atoms with Crippen LogP contribution < -0.4 is 9.47 Å². The van der Waals surface area contributed by atoms with Crippen LogP contribution in [0.4, 0.5) is 0 Å². The highest BCUT2D eigenvalue weighted by atomic mass is 31.2. The Balaban J connectivity index is 1.19. The number of rotatable bonds is 18. The molecule has 60 heavy (non-hydrogen) atoms. The Morgan fingerprint density at radius 3 is 1.87 bits per heavy atom. The minimum absolute atomic E-state index is 0.0410. The number of aliphatic hydroxyl groups excluding tert-OH is 1. The van der Waals surface area contributed by atoms with Crippen molar-refractivity contribution in [2.24, 2.45) is 0 Å². The quantitative estimate of drug-likeness (QED) is 0.0847. The van der Waals surface area contributed by atoms with Gasteiger partial charge in [-0.05, 0) is 65.9 Å². The number of nitrogens with zero attached hydrogens (tertiary/aromatic N) is 3. The van der Waals surface area contributed by atoms with Gasteiger partial charge in [0.25, 0.3) is 0 Å². The SMILES string of the molecule is COc1ccc(C(OC[C@H]2O[C@@H](N3C=C(C)COC3)C[C@H]2OP(=O)(OCCC#N)OC[C@H]2O[C@@H](N3C=C(C)COC3)C[C@H]2O)(c2ccccc2)c2ccc(OC)cc2)cc1. The number of aliphatic hydroxyl groups is 1. The van der Waals surface area contributed by atoms with Crippen LogP contribution in [0.2, 0.25) is 0 Å². The molecule has 2 saturated heterocycles. The molecule has 0 aromatic heterocycles. The summed E-state index contributed by atoms with van der Waals surface area (Å²) in [5, 5.41) is 20.3. The second-order valence-corrected chi connectivity index (χ2v) is 16.8. The third-order valence-electron chi connectivity index (χ3n) is 10.8. The van der Waals surface area contributed by atoms with E-state index in [-0.39, 0.29) is 45.8 Å². The summed E-state index contributed by atoms with van der Waals surface area (Å²) in [6, 6.07) is 27.3. The molecule has 322 valence electrons. The molecule has 7 rings (SSSR count). The number of phosphoric acid groups is 1. The third-order valence-corrected chi connectivity index (χ3v) is 12.3. The first-order valence-corrected chi connectivity index (χ1v) is 21.5. The Hall–Kier alpha value is -4.30. The summed E-state index contributed by atoms with van der Waals surface area (Å²) in [4.78, 5) is 3.80. The number of hydrogen-bond donors (Lipinski definition) is 1. The molecule has 1 N–H and O–H groups in total. The Morgan fingerprint density at radius 1 is 0.767 bits per heavy atom. The second kappa shape index (κ2) is 20.0. The average Bonchev–Trinajstić information content (AvgIpc) is 3.86. The zero-order chi connectivity index (χ0) is 42.1. The van der Waals surface area contributed by atoms with Crippen LogP contribution in [0, 0.1) is 11.3 Å². The van der Waals surface area contributed by atoms with Gasteiger partial charge in [0.2, 0.25) is 0 Å². The number of phosphoric ester groups is 1. The molecule has 0 saturated carbocycles. The molecule has 2 fully saturated rings. The fraction of sp³-hybridized carbons (Fsp3) is 0.477. The van der Waals surface area contributed by atoms with Crippen LogP contribution in [0.25, 0.3) is 0 Å². The Kier molecular flexibility index (Phi) is 14.6. The zero-order valence-electron chi connectivity index (χ0n) is 34.4. The lowest BCUT2D eigenvalue weighted by Crippen LogP contribution is -2.39. The summed E-state index contributed by atoms with van der Waals surface area (Å²) in [5.74, 6) is 1.37. The lowest BCUT2D eigenvalue weighted by Gasteiger charge is -2.37. The molecule has 16 heteroatoms. The number of ether oxygens (including phenoxy) is 7. The molecule has 1 unspecified atom stereocenters. The molecule has 0 radical (unpaired) electrons. The fourth-order valence-electron chi connectivity index (χ4n) is 7.82. The van der Waals surface area contributed by atoms with Gasteiger partial charge in [-0.1, -0.05) is 54.6 Å². The van der Waals surface area contributed by atoms with Crippen LogP contribution in [-0.2, 0) is 47.4 Å². The summed E-state index contributed by atoms with van der Waals surface area (Å²) in [6.07, 6.45) is -0.0901. The van der Waals surface area contributed by atoms with Crippen molar-refractivity contribution in [2.45, 2.75) is 75.6 Å².